The number of aromatic nitrogens is 2. The zero-order valence-corrected chi connectivity index (χ0v) is 14.8. The summed E-state index contributed by atoms with van der Waals surface area (Å²) >= 11 is 1.35. The minimum absolute atomic E-state index is 0.0791. The van der Waals surface area contributed by atoms with Gasteiger partial charge < -0.3 is 10.2 Å². The van der Waals surface area contributed by atoms with E-state index >= 15 is 0 Å². The van der Waals surface area contributed by atoms with Crippen LogP contribution in [0.4, 0.5) is 9.52 Å². The number of carbonyl (C=O) groups is 2. The second kappa shape index (κ2) is 7.26. The van der Waals surface area contributed by atoms with E-state index in [2.05, 4.69) is 15.5 Å². The number of halogens is 1. The van der Waals surface area contributed by atoms with E-state index in [4.69, 9.17) is 0 Å². The van der Waals surface area contributed by atoms with Crippen molar-refractivity contribution in [3.63, 3.8) is 0 Å². The fourth-order valence-corrected chi connectivity index (χ4v) is 3.39. The van der Waals surface area contributed by atoms with Crippen LogP contribution >= 0.6 is 11.3 Å². The van der Waals surface area contributed by atoms with Crippen molar-refractivity contribution in [3.8, 4) is 0 Å². The molecule has 1 aromatic heterocycles. The Morgan fingerprint density at radius 3 is 2.72 bits per heavy atom. The van der Waals surface area contributed by atoms with Crippen molar-refractivity contribution in [3.05, 3.63) is 40.7 Å². The molecule has 1 atom stereocenters. The van der Waals surface area contributed by atoms with Crippen LogP contribution in [0.1, 0.15) is 36.8 Å². The Labute approximate surface area is 149 Å². The predicted octanol–water partition coefficient (Wildman–Crippen LogP) is 2.79. The third-order valence-electron chi connectivity index (χ3n) is 4.04. The Morgan fingerprint density at radius 1 is 1.36 bits per heavy atom. The van der Waals surface area contributed by atoms with E-state index in [1.165, 1.54) is 23.5 Å². The Morgan fingerprint density at radius 2 is 2.08 bits per heavy atom. The number of hydrogen-bond acceptors (Lipinski definition) is 5. The molecule has 1 N–H and O–H groups in total. The van der Waals surface area contributed by atoms with Crippen LogP contribution in [0.3, 0.4) is 0 Å². The van der Waals surface area contributed by atoms with Gasteiger partial charge in [0, 0.05) is 25.4 Å². The maximum Gasteiger partial charge on any atom is 0.231 e. The summed E-state index contributed by atoms with van der Waals surface area (Å²) in [6, 6.07) is 6.01. The summed E-state index contributed by atoms with van der Waals surface area (Å²) < 4.78 is 13.0. The summed E-state index contributed by atoms with van der Waals surface area (Å²) in [7, 11) is 0. The van der Waals surface area contributed by atoms with Gasteiger partial charge in [-0.05, 0) is 17.7 Å². The summed E-state index contributed by atoms with van der Waals surface area (Å²) in [5, 5.41) is 12.1. The molecule has 3 rings (SSSR count). The second-order valence-electron chi connectivity index (χ2n) is 6.39. The molecule has 1 saturated heterocycles. The largest absolute Gasteiger partial charge is 0.338 e. The molecule has 8 heteroatoms. The first-order valence-electron chi connectivity index (χ1n) is 8.09. The Balaban J connectivity index is 1.59. The highest BCUT2D eigenvalue weighted by Crippen LogP contribution is 2.25. The average Bonchev–Trinajstić information content (AvgIpc) is 3.17. The molecule has 0 bridgehead atoms. The van der Waals surface area contributed by atoms with Gasteiger partial charge in [-0.1, -0.05) is 37.3 Å². The van der Waals surface area contributed by atoms with Crippen molar-refractivity contribution < 1.29 is 14.0 Å². The Hall–Kier alpha value is -2.35. The maximum absolute atomic E-state index is 13.0. The van der Waals surface area contributed by atoms with Crippen LogP contribution in [0.15, 0.2) is 24.3 Å². The van der Waals surface area contributed by atoms with Crippen molar-refractivity contribution in [2.75, 3.05) is 11.9 Å². The molecule has 0 aliphatic carbocycles. The summed E-state index contributed by atoms with van der Waals surface area (Å²) in [5.74, 6) is -0.778. The first kappa shape index (κ1) is 17.5. The molecule has 1 fully saturated rings. The summed E-state index contributed by atoms with van der Waals surface area (Å²) in [6.45, 7) is 4.74. The number of rotatable bonds is 5. The number of nitrogens with zero attached hydrogens (tertiary/aromatic N) is 3. The number of nitrogens with one attached hydrogen (secondary N) is 1. The second-order valence-corrected chi connectivity index (χ2v) is 7.40. The van der Waals surface area contributed by atoms with Crippen molar-refractivity contribution in [1.29, 1.82) is 0 Å². The number of hydrogen-bond donors (Lipinski definition) is 1. The molecule has 0 saturated carbocycles. The van der Waals surface area contributed by atoms with E-state index in [9.17, 15) is 14.0 Å². The molecule has 132 valence electrons. The lowest BCUT2D eigenvalue weighted by molar-refractivity contribution is -0.128. The number of carbonyl (C=O) groups excluding carboxylic acids is 2. The van der Waals surface area contributed by atoms with Crippen LogP contribution in [0.2, 0.25) is 0 Å². The van der Waals surface area contributed by atoms with Crippen molar-refractivity contribution in [2.45, 2.75) is 32.7 Å². The minimum Gasteiger partial charge on any atom is -0.338 e. The highest BCUT2D eigenvalue weighted by atomic mass is 32.1. The van der Waals surface area contributed by atoms with E-state index in [-0.39, 0.29) is 30.0 Å². The van der Waals surface area contributed by atoms with Gasteiger partial charge in [0.25, 0.3) is 0 Å². The molecular weight excluding hydrogens is 343 g/mol. The Bertz CT molecular complexity index is 775. The molecule has 2 heterocycles. The van der Waals surface area contributed by atoms with Crippen LogP contribution in [0, 0.1) is 11.7 Å². The molecule has 1 aromatic carbocycles. The summed E-state index contributed by atoms with van der Waals surface area (Å²) in [4.78, 5) is 26.2. The highest BCUT2D eigenvalue weighted by Gasteiger charge is 2.34. The fraction of sp³-hybridized carbons (Fsp3) is 0.412. The average molecular weight is 362 g/mol. The SMILES string of the molecule is CC(C)c1nnc(NC(=O)[C@H]2CC(=O)N(Cc3ccc(F)cc3)C2)s1. The van der Waals surface area contributed by atoms with Crippen LogP contribution in [-0.4, -0.2) is 33.5 Å². The first-order chi connectivity index (χ1) is 11.9. The quantitative estimate of drug-likeness (QED) is 0.887. The van der Waals surface area contributed by atoms with Gasteiger partial charge in [0.05, 0.1) is 5.92 Å². The fourth-order valence-electron chi connectivity index (χ4n) is 2.64. The van der Waals surface area contributed by atoms with Gasteiger partial charge in [0.2, 0.25) is 16.9 Å². The van der Waals surface area contributed by atoms with E-state index in [1.807, 2.05) is 13.8 Å². The van der Waals surface area contributed by atoms with Crippen LogP contribution in [0.25, 0.3) is 0 Å². The molecular formula is C17H19FN4O2S. The van der Waals surface area contributed by atoms with Crippen LogP contribution < -0.4 is 5.32 Å². The number of anilines is 1. The molecule has 2 amide bonds. The van der Waals surface area contributed by atoms with Crippen molar-refractivity contribution >= 4 is 28.3 Å². The zero-order valence-electron chi connectivity index (χ0n) is 14.0. The van der Waals surface area contributed by atoms with Gasteiger partial charge >= 0.3 is 0 Å². The van der Waals surface area contributed by atoms with Gasteiger partial charge in [0.15, 0.2) is 0 Å². The van der Waals surface area contributed by atoms with Gasteiger partial charge in [-0.3, -0.25) is 9.59 Å². The molecule has 1 aliphatic heterocycles. The van der Waals surface area contributed by atoms with E-state index in [1.54, 1.807) is 17.0 Å². The number of benzene rings is 1. The third kappa shape index (κ3) is 4.19. The van der Waals surface area contributed by atoms with Crippen molar-refractivity contribution in [2.24, 2.45) is 5.92 Å². The third-order valence-corrected chi connectivity index (χ3v) is 5.18. The van der Waals surface area contributed by atoms with E-state index in [0.717, 1.165) is 10.6 Å². The molecule has 0 radical (unpaired) electrons. The van der Waals surface area contributed by atoms with Crippen molar-refractivity contribution in [1.82, 2.24) is 15.1 Å². The monoisotopic (exact) mass is 362 g/mol. The van der Waals surface area contributed by atoms with Gasteiger partial charge in [-0.2, -0.15) is 0 Å². The number of likely N-dealkylation sites (tertiary alicyclic amines) is 1. The van der Waals surface area contributed by atoms with Gasteiger partial charge in [0.1, 0.15) is 10.8 Å². The lowest BCUT2D eigenvalue weighted by Crippen LogP contribution is -2.28. The van der Waals surface area contributed by atoms with E-state index < -0.39 is 5.92 Å². The lowest BCUT2D eigenvalue weighted by atomic mass is 10.1. The summed E-state index contributed by atoms with van der Waals surface area (Å²) in [5.41, 5.74) is 0.835. The minimum atomic E-state index is -0.417. The van der Waals surface area contributed by atoms with Crippen LogP contribution in [-0.2, 0) is 16.1 Å². The smallest absolute Gasteiger partial charge is 0.231 e. The molecule has 0 unspecified atom stereocenters. The summed E-state index contributed by atoms with van der Waals surface area (Å²) in [6.07, 6.45) is 0.170. The highest BCUT2D eigenvalue weighted by molar-refractivity contribution is 7.15. The molecule has 25 heavy (non-hydrogen) atoms. The van der Waals surface area contributed by atoms with E-state index in [0.29, 0.717) is 18.2 Å². The van der Waals surface area contributed by atoms with Gasteiger partial charge in [-0.25, -0.2) is 4.39 Å². The maximum atomic E-state index is 13.0. The predicted molar refractivity (Wildman–Crippen MR) is 92.6 cm³/mol. The molecule has 6 nitrogen and oxygen atoms in total. The number of amides is 2. The first-order valence-corrected chi connectivity index (χ1v) is 8.90. The van der Waals surface area contributed by atoms with Gasteiger partial charge in [-0.15, -0.1) is 10.2 Å². The standard InChI is InChI=1S/C17H19FN4O2S/c1-10(2)16-20-21-17(25-16)19-15(24)12-7-14(23)22(9-12)8-11-3-5-13(18)6-4-11/h3-6,10,12H,7-9H2,1-2H3,(H,19,21,24)/t12-/m0/s1. The van der Waals surface area contributed by atoms with Crippen LogP contribution in [0.5, 0.6) is 0 Å². The Kier molecular flexibility index (Phi) is 5.08. The molecule has 1 aliphatic rings. The molecule has 2 aromatic rings. The zero-order chi connectivity index (χ0) is 18.0. The molecule has 0 spiro atoms. The normalized spacial score (nSPS) is 17.4. The topological polar surface area (TPSA) is 75.2 Å². The lowest BCUT2D eigenvalue weighted by Gasteiger charge is -2.16.